The van der Waals surface area contributed by atoms with Gasteiger partial charge in [0.25, 0.3) is 0 Å². The Morgan fingerprint density at radius 1 is 1.14 bits per heavy atom. The molecule has 4 rings (SSSR count). The summed E-state index contributed by atoms with van der Waals surface area (Å²) < 4.78 is 0. The highest BCUT2D eigenvalue weighted by Gasteiger charge is 2.42. The van der Waals surface area contributed by atoms with Crippen molar-refractivity contribution in [3.63, 3.8) is 0 Å². The minimum absolute atomic E-state index is 0.0309. The van der Waals surface area contributed by atoms with Gasteiger partial charge in [0.2, 0.25) is 5.91 Å². The molecule has 0 aromatic heterocycles. The van der Waals surface area contributed by atoms with Crippen molar-refractivity contribution in [3.8, 4) is 0 Å². The van der Waals surface area contributed by atoms with Gasteiger partial charge >= 0.3 is 6.03 Å². The van der Waals surface area contributed by atoms with Crippen LogP contribution in [0.25, 0.3) is 0 Å². The largest absolute Gasteiger partial charge is 0.352 e. The van der Waals surface area contributed by atoms with Crippen molar-refractivity contribution in [2.75, 3.05) is 32.7 Å². The maximum atomic E-state index is 12.6. The molecular formula is C22H32N4O2. The van der Waals surface area contributed by atoms with Crippen LogP contribution in [-0.2, 0) is 11.3 Å². The lowest BCUT2D eigenvalue weighted by Gasteiger charge is -2.39. The van der Waals surface area contributed by atoms with Crippen LogP contribution in [0.2, 0.25) is 0 Å². The minimum Gasteiger partial charge on any atom is -0.352 e. The molecule has 3 heterocycles. The number of urea groups is 1. The number of rotatable bonds is 4. The topological polar surface area (TPSA) is 64.7 Å². The van der Waals surface area contributed by atoms with E-state index in [9.17, 15) is 9.59 Å². The molecule has 3 fully saturated rings. The van der Waals surface area contributed by atoms with E-state index < -0.39 is 0 Å². The normalized spacial score (nSPS) is 24.9. The lowest BCUT2D eigenvalue weighted by atomic mass is 9.77. The van der Waals surface area contributed by atoms with Gasteiger partial charge in [0.15, 0.2) is 0 Å². The van der Waals surface area contributed by atoms with Crippen LogP contribution < -0.4 is 10.6 Å². The highest BCUT2D eigenvalue weighted by Crippen LogP contribution is 2.40. The van der Waals surface area contributed by atoms with Crippen LogP contribution >= 0.6 is 0 Å². The van der Waals surface area contributed by atoms with Gasteiger partial charge in [0, 0.05) is 38.6 Å². The molecule has 152 valence electrons. The zero-order valence-electron chi connectivity index (χ0n) is 16.7. The number of nitrogens with zero attached hydrogens (tertiary/aromatic N) is 2. The van der Waals surface area contributed by atoms with E-state index in [0.29, 0.717) is 18.4 Å². The fourth-order valence-electron chi connectivity index (χ4n) is 4.90. The predicted molar refractivity (Wildman–Crippen MR) is 109 cm³/mol. The lowest BCUT2D eigenvalue weighted by Crippen LogP contribution is -2.49. The zero-order valence-corrected chi connectivity index (χ0v) is 16.7. The Bertz CT molecular complexity index is 685. The van der Waals surface area contributed by atoms with Gasteiger partial charge in [-0.25, -0.2) is 4.79 Å². The number of nitrogens with one attached hydrogen (secondary N) is 2. The van der Waals surface area contributed by atoms with Gasteiger partial charge in [0.1, 0.15) is 0 Å². The van der Waals surface area contributed by atoms with Crippen molar-refractivity contribution in [2.24, 2.45) is 5.41 Å². The number of amides is 3. The van der Waals surface area contributed by atoms with Crippen LogP contribution in [-0.4, -0.2) is 60.5 Å². The highest BCUT2D eigenvalue weighted by atomic mass is 16.2. The van der Waals surface area contributed by atoms with Gasteiger partial charge in [-0.1, -0.05) is 30.3 Å². The first-order valence-electron chi connectivity index (χ1n) is 10.7. The SMILES string of the molecule is O=C1CCCC(CNC(=O)N2CCC3(CCN(Cc4ccccc4)CC3)C2)N1. The second-order valence-electron chi connectivity index (χ2n) is 8.78. The van der Waals surface area contributed by atoms with Crippen LogP contribution in [0.5, 0.6) is 0 Å². The number of likely N-dealkylation sites (tertiary alicyclic amines) is 2. The van der Waals surface area contributed by atoms with E-state index in [1.54, 1.807) is 0 Å². The number of carbonyl (C=O) groups excluding carboxylic acids is 2. The monoisotopic (exact) mass is 384 g/mol. The first kappa shape index (κ1) is 19.2. The quantitative estimate of drug-likeness (QED) is 0.838. The Hall–Kier alpha value is -2.08. The molecule has 1 aromatic carbocycles. The fraction of sp³-hybridized carbons (Fsp3) is 0.636. The Balaban J connectivity index is 1.21. The van der Waals surface area contributed by atoms with Crippen molar-refractivity contribution < 1.29 is 9.59 Å². The van der Waals surface area contributed by atoms with Crippen molar-refractivity contribution >= 4 is 11.9 Å². The van der Waals surface area contributed by atoms with Crippen LogP contribution in [0.4, 0.5) is 4.79 Å². The van der Waals surface area contributed by atoms with Crippen LogP contribution in [0.15, 0.2) is 30.3 Å². The third kappa shape index (κ3) is 4.66. The van der Waals surface area contributed by atoms with Crippen molar-refractivity contribution in [1.82, 2.24) is 20.4 Å². The molecule has 1 atom stereocenters. The Morgan fingerprint density at radius 3 is 2.64 bits per heavy atom. The first-order chi connectivity index (χ1) is 13.6. The molecular weight excluding hydrogens is 352 g/mol. The summed E-state index contributed by atoms with van der Waals surface area (Å²) in [5, 5.41) is 6.01. The molecule has 6 heteroatoms. The van der Waals surface area contributed by atoms with E-state index in [-0.39, 0.29) is 18.0 Å². The molecule has 1 spiro atoms. The van der Waals surface area contributed by atoms with Gasteiger partial charge in [-0.05, 0) is 56.2 Å². The van der Waals surface area contributed by atoms with E-state index in [2.05, 4.69) is 45.9 Å². The second-order valence-corrected chi connectivity index (χ2v) is 8.78. The van der Waals surface area contributed by atoms with Gasteiger partial charge in [0.05, 0.1) is 0 Å². The summed E-state index contributed by atoms with van der Waals surface area (Å²) >= 11 is 0. The molecule has 0 bridgehead atoms. The first-order valence-corrected chi connectivity index (χ1v) is 10.7. The molecule has 3 saturated heterocycles. The number of carbonyl (C=O) groups is 2. The van der Waals surface area contributed by atoms with Gasteiger partial charge in [-0.2, -0.15) is 0 Å². The minimum atomic E-state index is 0.0309. The maximum Gasteiger partial charge on any atom is 0.317 e. The number of hydrogen-bond donors (Lipinski definition) is 2. The van der Waals surface area contributed by atoms with Crippen molar-refractivity contribution in [2.45, 2.75) is 51.1 Å². The third-order valence-corrected chi connectivity index (χ3v) is 6.71. The molecule has 3 aliphatic heterocycles. The average molecular weight is 385 g/mol. The molecule has 3 aliphatic rings. The van der Waals surface area contributed by atoms with Gasteiger partial charge < -0.3 is 15.5 Å². The summed E-state index contributed by atoms with van der Waals surface area (Å²) in [5.74, 6) is 0.105. The molecule has 28 heavy (non-hydrogen) atoms. The summed E-state index contributed by atoms with van der Waals surface area (Å²) in [6.07, 6.45) is 5.93. The standard InChI is InChI=1S/C22H32N4O2/c27-20-8-4-7-19(24-20)15-23-21(28)26-14-11-22(17-26)9-12-25(13-10-22)16-18-5-2-1-3-6-18/h1-3,5-6,19H,4,7-17H2,(H,23,28)(H,24,27). The third-order valence-electron chi connectivity index (χ3n) is 6.71. The van der Waals surface area contributed by atoms with E-state index in [4.69, 9.17) is 0 Å². The number of hydrogen-bond acceptors (Lipinski definition) is 3. The summed E-state index contributed by atoms with van der Waals surface area (Å²) in [4.78, 5) is 28.6. The smallest absolute Gasteiger partial charge is 0.317 e. The van der Waals surface area contributed by atoms with Gasteiger partial charge in [-0.3, -0.25) is 9.69 Å². The van der Waals surface area contributed by atoms with Crippen LogP contribution in [0.3, 0.4) is 0 Å². The van der Waals surface area contributed by atoms with Crippen LogP contribution in [0.1, 0.15) is 44.1 Å². The van der Waals surface area contributed by atoms with Crippen LogP contribution in [0, 0.1) is 5.41 Å². The van der Waals surface area contributed by atoms with Crippen molar-refractivity contribution in [3.05, 3.63) is 35.9 Å². The molecule has 1 unspecified atom stereocenters. The summed E-state index contributed by atoms with van der Waals surface area (Å²) in [6, 6.07) is 10.8. The molecule has 2 N–H and O–H groups in total. The average Bonchev–Trinajstić information content (AvgIpc) is 3.13. The number of piperidine rings is 2. The molecule has 1 aromatic rings. The second kappa shape index (κ2) is 8.52. The summed E-state index contributed by atoms with van der Waals surface area (Å²) in [6.45, 7) is 5.50. The van der Waals surface area contributed by atoms with E-state index in [0.717, 1.165) is 52.0 Å². The number of benzene rings is 1. The van der Waals surface area contributed by atoms with E-state index in [1.807, 2.05) is 4.90 Å². The molecule has 0 radical (unpaired) electrons. The summed E-state index contributed by atoms with van der Waals surface area (Å²) in [5.41, 5.74) is 1.67. The molecule has 0 aliphatic carbocycles. The predicted octanol–water partition coefficient (Wildman–Crippen LogP) is 2.35. The highest BCUT2D eigenvalue weighted by molar-refractivity contribution is 5.77. The fourth-order valence-corrected chi connectivity index (χ4v) is 4.90. The van der Waals surface area contributed by atoms with Crippen molar-refractivity contribution in [1.29, 1.82) is 0 Å². The van der Waals surface area contributed by atoms with E-state index >= 15 is 0 Å². The molecule has 0 saturated carbocycles. The van der Waals surface area contributed by atoms with E-state index in [1.165, 1.54) is 18.4 Å². The maximum absolute atomic E-state index is 12.6. The Morgan fingerprint density at radius 2 is 1.89 bits per heavy atom. The Kier molecular flexibility index (Phi) is 5.85. The zero-order chi connectivity index (χ0) is 19.4. The lowest BCUT2D eigenvalue weighted by molar-refractivity contribution is -0.123. The Labute approximate surface area is 167 Å². The molecule has 6 nitrogen and oxygen atoms in total. The summed E-state index contributed by atoms with van der Waals surface area (Å²) in [7, 11) is 0. The molecule has 3 amide bonds. The van der Waals surface area contributed by atoms with Gasteiger partial charge in [-0.15, -0.1) is 0 Å².